The molecule has 2 unspecified atom stereocenters. The molecule has 0 aromatic heterocycles. The number of carbonyl (C=O) groups is 2. The van der Waals surface area contributed by atoms with Gasteiger partial charge < -0.3 is 27.9 Å². The lowest BCUT2D eigenvalue weighted by molar-refractivity contribution is -0.870. The van der Waals surface area contributed by atoms with E-state index in [0.29, 0.717) is 17.4 Å². The molecule has 0 N–H and O–H groups in total. The molecule has 0 heterocycles. The molecule has 98 heavy (non-hydrogen) atoms. The van der Waals surface area contributed by atoms with E-state index in [1.165, 1.54) is 180 Å². The summed E-state index contributed by atoms with van der Waals surface area (Å²) < 4.78 is 34.4. The van der Waals surface area contributed by atoms with Gasteiger partial charge in [-0.1, -0.05) is 358 Å². The first-order valence-corrected chi connectivity index (χ1v) is 41.7. The largest absolute Gasteiger partial charge is 0.756 e. The second-order valence-electron chi connectivity index (χ2n) is 27.7. The Balaban J connectivity index is 3.99. The number of hydrogen-bond donors (Lipinski definition) is 0. The molecular weight excluding hydrogens is 1230 g/mol. The number of likely N-dealkylation sites (N-methyl/N-ethyl adjacent to an activating group) is 1. The Morgan fingerprint density at radius 2 is 0.551 bits per heavy atom. The second-order valence-corrected chi connectivity index (χ2v) is 29.1. The van der Waals surface area contributed by atoms with Crippen molar-refractivity contribution in [3.63, 3.8) is 0 Å². The van der Waals surface area contributed by atoms with Crippen molar-refractivity contribution >= 4 is 19.8 Å². The Morgan fingerprint density at radius 3 is 0.816 bits per heavy atom. The van der Waals surface area contributed by atoms with Crippen molar-refractivity contribution in [3.8, 4) is 0 Å². The van der Waals surface area contributed by atoms with Gasteiger partial charge in [-0.15, -0.1) is 0 Å². The van der Waals surface area contributed by atoms with Crippen LogP contribution in [0, 0.1) is 0 Å². The fraction of sp³-hybridized carbons (Fsp3) is 0.682. The molecule has 10 heteroatoms. The van der Waals surface area contributed by atoms with Crippen molar-refractivity contribution < 1.29 is 42.1 Å². The van der Waals surface area contributed by atoms with Gasteiger partial charge >= 0.3 is 11.9 Å². The summed E-state index contributed by atoms with van der Waals surface area (Å²) in [5.41, 5.74) is 0. The van der Waals surface area contributed by atoms with E-state index in [0.717, 1.165) is 122 Å². The van der Waals surface area contributed by atoms with Gasteiger partial charge in [-0.25, -0.2) is 0 Å². The van der Waals surface area contributed by atoms with E-state index in [2.05, 4.69) is 172 Å². The number of quaternary nitrogens is 1. The monoisotopic (exact) mass is 1380 g/mol. The number of nitrogens with zero attached hydrogens (tertiary/aromatic N) is 1. The molecule has 0 saturated carbocycles. The van der Waals surface area contributed by atoms with Crippen molar-refractivity contribution in [2.45, 2.75) is 341 Å². The average molecular weight is 1380 g/mol. The van der Waals surface area contributed by atoms with Gasteiger partial charge in [0.15, 0.2) is 6.10 Å². The maximum absolute atomic E-state index is 12.9. The van der Waals surface area contributed by atoms with E-state index in [-0.39, 0.29) is 32.0 Å². The molecule has 0 saturated heterocycles. The fourth-order valence-corrected chi connectivity index (χ4v) is 11.7. The molecule has 560 valence electrons. The number of phosphoric acid groups is 1. The van der Waals surface area contributed by atoms with Gasteiger partial charge in [0, 0.05) is 12.8 Å². The molecule has 0 aliphatic rings. The van der Waals surface area contributed by atoms with Gasteiger partial charge in [0.1, 0.15) is 19.8 Å². The molecular formula is C88H150NO8P. The van der Waals surface area contributed by atoms with Crippen LogP contribution < -0.4 is 4.89 Å². The maximum atomic E-state index is 12.9. The third kappa shape index (κ3) is 80.6. The van der Waals surface area contributed by atoms with Crippen LogP contribution in [0.5, 0.6) is 0 Å². The fourth-order valence-electron chi connectivity index (χ4n) is 11.0. The number of unbranched alkanes of at least 4 members (excludes halogenated alkanes) is 33. The molecule has 0 aromatic carbocycles. The first-order chi connectivity index (χ1) is 48.0. The zero-order valence-corrected chi connectivity index (χ0v) is 64.8. The first kappa shape index (κ1) is 93.6. The molecule has 0 aliphatic heterocycles. The smallest absolute Gasteiger partial charge is 0.306 e. The quantitative estimate of drug-likeness (QED) is 0.0195. The highest BCUT2D eigenvalue weighted by Crippen LogP contribution is 2.38. The Kier molecular flexibility index (Phi) is 73.4. The molecule has 0 aliphatic carbocycles. The van der Waals surface area contributed by atoms with E-state index in [1.807, 2.05) is 21.1 Å². The Bertz CT molecular complexity index is 2220. The molecule has 0 rings (SSSR count). The zero-order valence-electron chi connectivity index (χ0n) is 63.9. The highest BCUT2D eigenvalue weighted by molar-refractivity contribution is 7.45. The number of rotatable bonds is 73. The minimum absolute atomic E-state index is 0.0352. The summed E-state index contributed by atoms with van der Waals surface area (Å²) in [4.78, 5) is 38.2. The van der Waals surface area contributed by atoms with Gasteiger partial charge in [0.05, 0.1) is 27.7 Å². The summed E-state index contributed by atoms with van der Waals surface area (Å²) >= 11 is 0. The van der Waals surface area contributed by atoms with Crippen molar-refractivity contribution in [1.29, 1.82) is 0 Å². The molecule has 0 radical (unpaired) electrons. The van der Waals surface area contributed by atoms with E-state index in [1.54, 1.807) is 0 Å². The topological polar surface area (TPSA) is 111 Å². The van der Waals surface area contributed by atoms with Crippen LogP contribution >= 0.6 is 7.82 Å². The van der Waals surface area contributed by atoms with Crippen molar-refractivity contribution in [3.05, 3.63) is 158 Å². The summed E-state index contributed by atoms with van der Waals surface area (Å²) in [6.45, 7) is 4.04. The van der Waals surface area contributed by atoms with Gasteiger partial charge in [-0.2, -0.15) is 0 Å². The summed E-state index contributed by atoms with van der Waals surface area (Å²) in [6.07, 6.45) is 115. The lowest BCUT2D eigenvalue weighted by Gasteiger charge is -2.28. The van der Waals surface area contributed by atoms with Crippen LogP contribution in [0.4, 0.5) is 0 Å². The van der Waals surface area contributed by atoms with Crippen LogP contribution in [-0.2, 0) is 32.7 Å². The van der Waals surface area contributed by atoms with Crippen LogP contribution in [0.3, 0.4) is 0 Å². The number of phosphoric ester groups is 1. The molecule has 0 spiro atoms. The zero-order chi connectivity index (χ0) is 71.1. The van der Waals surface area contributed by atoms with E-state index < -0.39 is 26.5 Å². The van der Waals surface area contributed by atoms with Crippen LogP contribution in [-0.4, -0.2) is 70.0 Å². The van der Waals surface area contributed by atoms with Gasteiger partial charge in [0.25, 0.3) is 7.82 Å². The Labute approximate surface area is 605 Å². The standard InChI is InChI=1S/C88H150NO8P/c1-6-8-10-12-14-16-18-20-22-24-26-28-30-32-34-36-38-40-42-43-44-45-47-49-51-53-55-57-59-61-63-65-67-69-71-73-75-77-79-81-88(91)97-86(85-96-98(92,93)95-83-82-89(3,4)5)84-94-87(90)80-78-76-74-72-70-68-66-64-62-60-58-56-54-52-50-48-46-41-39-37-35-33-31-29-27-25-23-21-19-17-15-13-11-9-7-2/h8-11,14-17,20-23,26-29,32-35,38,40,43-44,47,49,86H,6-7,12-13,18-19,24-25,30-31,36-37,39,41-42,45-46,48,50-85H2,1-5H3/b10-8-,11-9-,16-14-,17-15-,22-20-,23-21-,28-26-,29-27-,34-32-,35-33-,40-38-,44-43-,49-47-. The number of carbonyl (C=O) groups excluding carboxylic acids is 2. The van der Waals surface area contributed by atoms with E-state index in [9.17, 15) is 19.0 Å². The van der Waals surface area contributed by atoms with Crippen molar-refractivity contribution in [2.75, 3.05) is 47.5 Å². The number of allylic oxidation sites excluding steroid dienone is 26. The van der Waals surface area contributed by atoms with Gasteiger partial charge in [-0.3, -0.25) is 14.2 Å². The van der Waals surface area contributed by atoms with Gasteiger partial charge in [0.2, 0.25) is 0 Å². The van der Waals surface area contributed by atoms with E-state index >= 15 is 0 Å². The highest BCUT2D eigenvalue weighted by atomic mass is 31.2. The highest BCUT2D eigenvalue weighted by Gasteiger charge is 2.22. The third-order valence-electron chi connectivity index (χ3n) is 17.0. The van der Waals surface area contributed by atoms with Crippen LogP contribution in [0.15, 0.2) is 158 Å². The van der Waals surface area contributed by atoms with Gasteiger partial charge in [-0.05, 0) is 122 Å². The second kappa shape index (κ2) is 76.8. The normalized spacial score (nSPS) is 13.9. The number of esters is 2. The summed E-state index contributed by atoms with van der Waals surface area (Å²) in [5, 5.41) is 0. The van der Waals surface area contributed by atoms with Crippen LogP contribution in [0.1, 0.15) is 335 Å². The lowest BCUT2D eigenvalue weighted by Crippen LogP contribution is -2.37. The van der Waals surface area contributed by atoms with Crippen molar-refractivity contribution in [2.24, 2.45) is 0 Å². The molecule has 0 aromatic rings. The molecule has 9 nitrogen and oxygen atoms in total. The summed E-state index contributed by atoms with van der Waals surface area (Å²) in [6, 6.07) is 0. The minimum atomic E-state index is -4.65. The summed E-state index contributed by atoms with van der Waals surface area (Å²) in [5.74, 6) is -0.828. The first-order valence-electron chi connectivity index (χ1n) is 40.2. The average Bonchev–Trinajstić information content (AvgIpc) is 1.23. The Hall–Kier alpha value is -4.37. The maximum Gasteiger partial charge on any atom is 0.306 e. The predicted molar refractivity (Wildman–Crippen MR) is 424 cm³/mol. The predicted octanol–water partition coefficient (Wildman–Crippen LogP) is 26.4. The molecule has 2 atom stereocenters. The SMILES string of the molecule is CC/C=C\C/C=C\C/C=C\C/C=C\C/C=C\C/C=C\C/C=C\C/C=C\CCCCCCCCCCCCCCCCC(=O)OC(COC(=O)CCCCCCCCCCCCCCCCCCCCC/C=C\C/C=C\C/C=C\C/C=C\C/C=C\CC)COP(=O)([O-])OCC[N+](C)(C)C. The number of hydrogen-bond acceptors (Lipinski definition) is 8. The third-order valence-corrected chi connectivity index (χ3v) is 18.0. The lowest BCUT2D eigenvalue weighted by atomic mass is 10.0. The Morgan fingerprint density at radius 1 is 0.316 bits per heavy atom. The minimum Gasteiger partial charge on any atom is -0.756 e. The molecule has 0 fully saturated rings. The molecule has 0 amide bonds. The van der Waals surface area contributed by atoms with Crippen LogP contribution in [0.25, 0.3) is 0 Å². The number of ether oxygens (including phenoxy) is 2. The molecule has 0 bridgehead atoms. The van der Waals surface area contributed by atoms with Crippen molar-refractivity contribution in [1.82, 2.24) is 0 Å². The van der Waals surface area contributed by atoms with Crippen LogP contribution in [0.2, 0.25) is 0 Å². The summed E-state index contributed by atoms with van der Waals surface area (Å²) in [7, 11) is 1.16. The van der Waals surface area contributed by atoms with E-state index in [4.69, 9.17) is 18.5 Å².